The van der Waals surface area contributed by atoms with E-state index in [1.807, 2.05) is 0 Å². The first kappa shape index (κ1) is 57.5. The van der Waals surface area contributed by atoms with Crippen molar-refractivity contribution in [3.8, 4) is 0 Å². The summed E-state index contributed by atoms with van der Waals surface area (Å²) in [4.78, 5) is 0. The molecule has 0 unspecified atom stereocenters. The van der Waals surface area contributed by atoms with Crippen LogP contribution in [0, 0.1) is 11.8 Å². The van der Waals surface area contributed by atoms with E-state index in [1.165, 1.54) is 0 Å². The van der Waals surface area contributed by atoms with E-state index in [0.29, 0.717) is 0 Å². The second kappa shape index (κ2) is 118. The molecule has 0 spiro atoms. The third-order valence-electron chi connectivity index (χ3n) is 0. The third kappa shape index (κ3) is 64.5. The van der Waals surface area contributed by atoms with Crippen LogP contribution < -0.4 is 43.7 Å². The van der Waals surface area contributed by atoms with Gasteiger partial charge in [0.1, 0.15) is 0 Å². The summed E-state index contributed by atoms with van der Waals surface area (Å²) < 4.78 is 0. The number of halogens is 2. The zero-order chi connectivity index (χ0) is 2.00. The molecule has 0 fully saturated rings. The molecule has 36 valence electrons. The van der Waals surface area contributed by atoms with Gasteiger partial charge in [-0.15, -0.1) is 0 Å². The fraction of sp³-hybridized carbons (Fsp3) is 0. The van der Waals surface area contributed by atoms with Crippen LogP contribution in [-0.4, -0.2) is 0 Å². The Morgan fingerprint density at radius 1 is 1.00 bits per heavy atom. The largest absolute Gasteiger partial charge is 1.00 e. The van der Waals surface area contributed by atoms with Crippen LogP contribution in [0.15, 0.2) is 0 Å². The topological polar surface area (TPSA) is 23.8 Å². The summed E-state index contributed by atoms with van der Waals surface area (Å²) >= 11 is 0. The summed E-state index contributed by atoms with van der Waals surface area (Å²) in [7, 11) is 0. The van der Waals surface area contributed by atoms with Crippen molar-refractivity contribution in [3.63, 3.8) is 0 Å². The SMILES string of the molecule is [C-]#N.[Cl-].[Cl-].[Cu+].[Li+]. The maximum atomic E-state index is 6.25. The minimum Gasteiger partial charge on any atom is -1.00 e. The van der Waals surface area contributed by atoms with E-state index in [9.17, 15) is 0 Å². The minimum atomic E-state index is 0. The van der Waals surface area contributed by atoms with Gasteiger partial charge in [0, 0.05) is 0 Å². The smallest absolute Gasteiger partial charge is 1.00 e. The first-order chi connectivity index (χ1) is 1.00. The summed E-state index contributed by atoms with van der Waals surface area (Å²) in [6, 6.07) is 0. The van der Waals surface area contributed by atoms with Gasteiger partial charge in [-0.25, -0.2) is 0 Å². The number of hydrogen-bond acceptors (Lipinski definition) is 1. The molecule has 0 aliphatic heterocycles. The molecule has 5 heteroatoms. The van der Waals surface area contributed by atoms with Crippen LogP contribution in [0.25, 0.3) is 0 Å². The van der Waals surface area contributed by atoms with Crippen LogP contribution in [0.2, 0.25) is 0 Å². The Morgan fingerprint density at radius 3 is 1.00 bits per heavy atom. The van der Waals surface area contributed by atoms with Crippen LogP contribution in [0.3, 0.4) is 0 Å². The summed E-state index contributed by atoms with van der Waals surface area (Å²) in [5.41, 5.74) is 0. The maximum absolute atomic E-state index is 6.25. The molecule has 1 nitrogen and oxygen atoms in total. The summed E-state index contributed by atoms with van der Waals surface area (Å²) in [5, 5.41) is 6.25. The molecule has 0 bridgehead atoms. The first-order valence-corrected chi connectivity index (χ1v) is 0.224. The van der Waals surface area contributed by atoms with Crippen LogP contribution in [0.1, 0.15) is 0 Å². The van der Waals surface area contributed by atoms with Crippen LogP contribution in [0.4, 0.5) is 0 Å². The summed E-state index contributed by atoms with van der Waals surface area (Å²) in [6.45, 7) is 4.75. The molecule has 0 atom stereocenters. The van der Waals surface area contributed by atoms with Gasteiger partial charge in [-0.2, -0.15) is 0 Å². The van der Waals surface area contributed by atoms with E-state index in [4.69, 9.17) is 11.8 Å². The molecule has 0 N–H and O–H groups in total. The Morgan fingerprint density at radius 2 is 1.00 bits per heavy atom. The molecular weight excluding hydrogens is 167 g/mol. The van der Waals surface area contributed by atoms with Crippen LogP contribution in [0.5, 0.6) is 0 Å². The van der Waals surface area contributed by atoms with Crippen molar-refractivity contribution in [2.24, 2.45) is 0 Å². The van der Waals surface area contributed by atoms with Crippen molar-refractivity contribution < 1.29 is 60.7 Å². The molecule has 0 saturated heterocycles. The Labute approximate surface area is 72.3 Å². The predicted octanol–water partition coefficient (Wildman–Crippen LogP) is -8.89. The molecule has 0 aliphatic rings. The second-order valence-corrected chi connectivity index (χ2v) is 0. The second-order valence-electron chi connectivity index (χ2n) is 0. The molecule has 0 aromatic rings. The molecule has 0 aromatic carbocycles. The van der Waals surface area contributed by atoms with Crippen molar-refractivity contribution >= 4 is 0 Å². The molecule has 0 aromatic heterocycles. The fourth-order valence-electron chi connectivity index (χ4n) is 0. The van der Waals surface area contributed by atoms with E-state index < -0.39 is 0 Å². The molecule has 0 rings (SSSR count). The van der Waals surface area contributed by atoms with Gasteiger partial charge in [-0.3, -0.25) is 0 Å². The summed E-state index contributed by atoms with van der Waals surface area (Å²) in [5.74, 6) is 0. The van der Waals surface area contributed by atoms with Gasteiger partial charge in [-0.05, 0) is 0 Å². The van der Waals surface area contributed by atoms with E-state index in [1.54, 1.807) is 0 Å². The van der Waals surface area contributed by atoms with Crippen molar-refractivity contribution in [1.29, 1.82) is 5.26 Å². The van der Waals surface area contributed by atoms with E-state index >= 15 is 0 Å². The van der Waals surface area contributed by atoms with Gasteiger partial charge in [-0.1, -0.05) is 0 Å². The maximum Gasteiger partial charge on any atom is 1.00 e. The monoisotopic (exact) mass is 166 g/mol. The zero-order valence-electron chi connectivity index (χ0n) is 3.00. The molecule has 0 aliphatic carbocycles. The minimum absolute atomic E-state index is 0. The van der Waals surface area contributed by atoms with Gasteiger partial charge < -0.3 is 36.6 Å². The van der Waals surface area contributed by atoms with E-state index in [-0.39, 0.29) is 60.7 Å². The fourth-order valence-corrected chi connectivity index (χ4v) is 0. The number of hydrogen-bond donors (Lipinski definition) is 0. The van der Waals surface area contributed by atoms with E-state index in [2.05, 4.69) is 0 Å². The Balaban J connectivity index is -0.000000000833. The summed E-state index contributed by atoms with van der Waals surface area (Å²) in [6.07, 6.45) is 0. The van der Waals surface area contributed by atoms with Gasteiger partial charge in [0.15, 0.2) is 0 Å². The molecule has 0 amide bonds. The van der Waals surface area contributed by atoms with E-state index in [0.717, 1.165) is 0 Å². The number of rotatable bonds is 0. The Kier molecular flexibility index (Phi) is 1130. The third-order valence-corrected chi connectivity index (χ3v) is 0. The van der Waals surface area contributed by atoms with Gasteiger partial charge in [0.05, 0.1) is 0 Å². The Bertz CT molecular complexity index is 18.3. The van der Waals surface area contributed by atoms with Crippen LogP contribution >= 0.6 is 0 Å². The van der Waals surface area contributed by atoms with Crippen molar-refractivity contribution in [3.05, 3.63) is 6.57 Å². The molecule has 0 saturated carbocycles. The van der Waals surface area contributed by atoms with Gasteiger partial charge >= 0.3 is 35.9 Å². The first-order valence-electron chi connectivity index (χ1n) is 0.224. The van der Waals surface area contributed by atoms with Crippen molar-refractivity contribution in [1.82, 2.24) is 0 Å². The van der Waals surface area contributed by atoms with Gasteiger partial charge in [0.25, 0.3) is 0 Å². The normalized spacial score (nSPS) is 0.333. The quantitative estimate of drug-likeness (QED) is 0.260. The number of nitrogens with zero attached hydrogens (tertiary/aromatic N) is 1. The predicted molar refractivity (Wildman–Crippen MR) is 4.97 cm³/mol. The molecule has 0 heterocycles. The standard InChI is InChI=1S/CN.2ClH.Cu.Li/c1-2;;;;/h;2*1H;;/q-1;;;2*+1/p-2. The van der Waals surface area contributed by atoms with Crippen molar-refractivity contribution in [2.45, 2.75) is 0 Å². The van der Waals surface area contributed by atoms with Crippen molar-refractivity contribution in [2.75, 3.05) is 0 Å². The average molecular weight is 167 g/mol. The Hall–Kier alpha value is 1.19. The average Bonchev–Trinajstić information content (AvgIpc) is 1.00. The zero-order valence-corrected chi connectivity index (χ0v) is 5.46. The molecule has 6 heavy (non-hydrogen) atoms. The van der Waals surface area contributed by atoms with Gasteiger partial charge in [0.2, 0.25) is 0 Å². The molecule has 0 radical (unpaired) electrons. The molecular formula is CCl2CuLiN-. The van der Waals surface area contributed by atoms with Crippen LogP contribution in [-0.2, 0) is 17.1 Å².